The standard InChI is InChI=1S/C19H24N4O2S/c1-22-13-20-21-18(22)26-11-17(25)23-15-7-8-16(23)19(10-15,12-24)9-14-5-3-2-4-6-14/h2-6,13,15-16,24H,7-12H2,1H3/t15-,16+,19-/m1/s1. The van der Waals surface area contributed by atoms with E-state index in [9.17, 15) is 9.90 Å². The molecule has 1 aromatic heterocycles. The van der Waals surface area contributed by atoms with Crippen LogP contribution >= 0.6 is 11.8 Å². The highest BCUT2D eigenvalue weighted by Crippen LogP contribution is 2.51. The topological polar surface area (TPSA) is 71.2 Å². The van der Waals surface area contributed by atoms with Crippen LogP contribution in [0.25, 0.3) is 0 Å². The largest absolute Gasteiger partial charge is 0.396 e. The molecule has 1 aromatic carbocycles. The van der Waals surface area contributed by atoms with E-state index < -0.39 is 0 Å². The van der Waals surface area contributed by atoms with Crippen LogP contribution < -0.4 is 0 Å². The molecular formula is C19H24N4O2S. The van der Waals surface area contributed by atoms with Gasteiger partial charge in [-0.2, -0.15) is 0 Å². The summed E-state index contributed by atoms with van der Waals surface area (Å²) >= 11 is 1.43. The van der Waals surface area contributed by atoms with Crippen molar-refractivity contribution in [3.05, 3.63) is 42.2 Å². The highest BCUT2D eigenvalue weighted by atomic mass is 32.2. The Bertz CT molecular complexity index is 781. The second-order valence-electron chi connectivity index (χ2n) is 7.45. The molecule has 0 radical (unpaired) electrons. The molecule has 6 nitrogen and oxygen atoms in total. The molecule has 0 saturated carbocycles. The van der Waals surface area contributed by atoms with Gasteiger partial charge in [0, 0.05) is 24.5 Å². The smallest absolute Gasteiger partial charge is 0.233 e. The van der Waals surface area contributed by atoms with E-state index in [0.717, 1.165) is 30.8 Å². The van der Waals surface area contributed by atoms with E-state index >= 15 is 0 Å². The zero-order valence-corrected chi connectivity index (χ0v) is 15.7. The van der Waals surface area contributed by atoms with Crippen molar-refractivity contribution >= 4 is 17.7 Å². The number of aromatic nitrogens is 3. The number of hydrogen-bond donors (Lipinski definition) is 1. The highest BCUT2D eigenvalue weighted by molar-refractivity contribution is 7.99. The number of amides is 1. The Balaban J connectivity index is 1.48. The fourth-order valence-electron chi connectivity index (χ4n) is 4.69. The quantitative estimate of drug-likeness (QED) is 0.784. The summed E-state index contributed by atoms with van der Waals surface area (Å²) in [4.78, 5) is 15.0. The summed E-state index contributed by atoms with van der Waals surface area (Å²) in [6.45, 7) is 0.128. The molecule has 4 rings (SSSR count). The molecule has 2 aromatic rings. The number of hydrogen-bond acceptors (Lipinski definition) is 5. The van der Waals surface area contributed by atoms with E-state index in [2.05, 4.69) is 27.2 Å². The third-order valence-corrected chi connectivity index (χ3v) is 6.87. The summed E-state index contributed by atoms with van der Waals surface area (Å²) in [5, 5.41) is 18.9. The maximum atomic E-state index is 12.9. The van der Waals surface area contributed by atoms with E-state index in [1.165, 1.54) is 17.3 Å². The van der Waals surface area contributed by atoms with Crippen molar-refractivity contribution in [3.8, 4) is 0 Å². The van der Waals surface area contributed by atoms with Crippen LogP contribution in [0.3, 0.4) is 0 Å². The van der Waals surface area contributed by atoms with Crippen LogP contribution in [0.1, 0.15) is 24.8 Å². The normalized spacial score (nSPS) is 27.2. The van der Waals surface area contributed by atoms with Gasteiger partial charge in [0.2, 0.25) is 5.91 Å². The molecule has 0 aliphatic carbocycles. The number of nitrogens with zero attached hydrogens (tertiary/aromatic N) is 4. The first-order chi connectivity index (χ1) is 12.6. The van der Waals surface area contributed by atoms with Gasteiger partial charge in [0.15, 0.2) is 5.16 Å². The van der Waals surface area contributed by atoms with Gasteiger partial charge in [-0.25, -0.2) is 0 Å². The predicted molar refractivity (Wildman–Crippen MR) is 99.7 cm³/mol. The summed E-state index contributed by atoms with van der Waals surface area (Å²) in [6.07, 6.45) is 5.39. The van der Waals surface area contributed by atoms with E-state index in [1.807, 2.05) is 29.8 Å². The lowest BCUT2D eigenvalue weighted by Gasteiger charge is -2.36. The molecule has 0 unspecified atom stereocenters. The van der Waals surface area contributed by atoms with Crippen molar-refractivity contribution in [2.24, 2.45) is 12.5 Å². The van der Waals surface area contributed by atoms with Crippen LogP contribution in [0.15, 0.2) is 41.8 Å². The first kappa shape index (κ1) is 17.5. The van der Waals surface area contributed by atoms with Crippen LogP contribution in [0.2, 0.25) is 0 Å². The van der Waals surface area contributed by atoms with E-state index in [-0.39, 0.29) is 30.0 Å². The van der Waals surface area contributed by atoms with Gasteiger partial charge in [-0.05, 0) is 31.2 Å². The van der Waals surface area contributed by atoms with E-state index in [0.29, 0.717) is 5.75 Å². The Morgan fingerprint density at radius 2 is 2.15 bits per heavy atom. The number of carbonyl (C=O) groups is 1. The Morgan fingerprint density at radius 1 is 1.35 bits per heavy atom. The Hall–Kier alpha value is -1.86. The average molecular weight is 372 g/mol. The lowest BCUT2D eigenvalue weighted by atomic mass is 9.70. The van der Waals surface area contributed by atoms with Crippen LogP contribution in [-0.2, 0) is 18.3 Å². The lowest BCUT2D eigenvalue weighted by Crippen LogP contribution is -2.44. The van der Waals surface area contributed by atoms with Crippen molar-refractivity contribution in [1.82, 2.24) is 19.7 Å². The summed E-state index contributed by atoms with van der Waals surface area (Å²) in [5.74, 6) is 0.515. The molecule has 2 saturated heterocycles. The SMILES string of the molecule is Cn1cnnc1SCC(=O)N1[C@@H]2CC[C@H]1[C@](CO)(Cc1ccccc1)C2. The molecule has 2 aliphatic heterocycles. The zero-order chi connectivity index (χ0) is 18.1. The lowest BCUT2D eigenvalue weighted by molar-refractivity contribution is -0.130. The van der Waals surface area contributed by atoms with Crippen molar-refractivity contribution in [2.75, 3.05) is 12.4 Å². The van der Waals surface area contributed by atoms with Gasteiger partial charge < -0.3 is 14.6 Å². The number of aryl methyl sites for hydroxylation is 1. The van der Waals surface area contributed by atoms with Crippen molar-refractivity contribution in [3.63, 3.8) is 0 Å². The molecule has 26 heavy (non-hydrogen) atoms. The van der Waals surface area contributed by atoms with Gasteiger partial charge in [-0.15, -0.1) is 10.2 Å². The third kappa shape index (κ3) is 3.03. The van der Waals surface area contributed by atoms with Gasteiger partial charge in [0.1, 0.15) is 6.33 Å². The van der Waals surface area contributed by atoms with Crippen LogP contribution in [0.5, 0.6) is 0 Å². The minimum atomic E-state index is -0.213. The molecule has 0 spiro atoms. The number of carbonyl (C=O) groups excluding carboxylic acids is 1. The highest BCUT2D eigenvalue weighted by Gasteiger charge is 2.56. The molecule has 2 fully saturated rings. The molecule has 138 valence electrons. The summed E-state index contributed by atoms with van der Waals surface area (Å²) < 4.78 is 1.82. The van der Waals surface area contributed by atoms with Gasteiger partial charge in [-0.3, -0.25) is 4.79 Å². The fraction of sp³-hybridized carbons (Fsp3) is 0.526. The maximum absolute atomic E-state index is 12.9. The van der Waals surface area contributed by atoms with Gasteiger partial charge >= 0.3 is 0 Å². The number of benzene rings is 1. The van der Waals surface area contributed by atoms with Crippen LogP contribution in [0.4, 0.5) is 0 Å². The Morgan fingerprint density at radius 3 is 2.85 bits per heavy atom. The third-order valence-electron chi connectivity index (χ3n) is 5.85. The number of fused-ring (bicyclic) bond motifs is 2. The second-order valence-corrected chi connectivity index (χ2v) is 8.39. The first-order valence-corrected chi connectivity index (χ1v) is 10.0. The number of thioether (sulfide) groups is 1. The molecule has 1 N–H and O–H groups in total. The van der Waals surface area contributed by atoms with Crippen LogP contribution in [0, 0.1) is 5.41 Å². The van der Waals surface area contributed by atoms with E-state index in [4.69, 9.17) is 0 Å². The predicted octanol–water partition coefficient (Wildman–Crippen LogP) is 1.89. The summed E-state index contributed by atoms with van der Waals surface area (Å²) in [6, 6.07) is 10.7. The van der Waals surface area contributed by atoms with Gasteiger partial charge in [0.25, 0.3) is 0 Å². The summed E-state index contributed by atoms with van der Waals surface area (Å²) in [5.41, 5.74) is 1.02. The Labute approximate surface area is 157 Å². The molecule has 2 aliphatic rings. The average Bonchev–Trinajstić information content (AvgIpc) is 3.34. The minimum Gasteiger partial charge on any atom is -0.396 e. The monoisotopic (exact) mass is 372 g/mol. The zero-order valence-electron chi connectivity index (χ0n) is 14.9. The van der Waals surface area contributed by atoms with Crippen molar-refractivity contribution < 1.29 is 9.90 Å². The molecule has 3 atom stereocenters. The molecule has 3 heterocycles. The number of aliphatic hydroxyl groups excluding tert-OH is 1. The van der Waals surface area contributed by atoms with Gasteiger partial charge in [-0.1, -0.05) is 42.1 Å². The number of aliphatic hydroxyl groups is 1. The molecular weight excluding hydrogens is 348 g/mol. The van der Waals surface area contributed by atoms with Gasteiger partial charge in [0.05, 0.1) is 12.4 Å². The van der Waals surface area contributed by atoms with Crippen molar-refractivity contribution in [1.29, 1.82) is 0 Å². The molecule has 2 bridgehead atoms. The number of rotatable bonds is 6. The first-order valence-electron chi connectivity index (χ1n) is 9.06. The second kappa shape index (κ2) is 7.04. The van der Waals surface area contributed by atoms with Crippen molar-refractivity contribution in [2.45, 2.75) is 42.9 Å². The minimum absolute atomic E-state index is 0.128. The molecule has 7 heteroatoms. The summed E-state index contributed by atoms with van der Waals surface area (Å²) in [7, 11) is 1.88. The maximum Gasteiger partial charge on any atom is 0.233 e. The van der Waals surface area contributed by atoms with E-state index in [1.54, 1.807) is 6.33 Å². The van der Waals surface area contributed by atoms with Crippen LogP contribution in [-0.4, -0.2) is 55.1 Å². The fourth-order valence-corrected chi connectivity index (χ4v) is 5.45. The molecule has 1 amide bonds. The Kier molecular flexibility index (Phi) is 4.75.